The van der Waals surface area contributed by atoms with Crippen molar-refractivity contribution in [3.8, 4) is 11.5 Å². The summed E-state index contributed by atoms with van der Waals surface area (Å²) in [6.07, 6.45) is 0. The van der Waals surface area contributed by atoms with E-state index in [4.69, 9.17) is 15.2 Å². The molecule has 2 aromatic carbocycles. The number of rotatable bonds is 4. The molecule has 0 unspecified atom stereocenters. The number of nitrogen functional groups attached to an aromatic ring is 1. The summed E-state index contributed by atoms with van der Waals surface area (Å²) in [5.74, 6) is 1.61. The molecule has 28 heavy (non-hydrogen) atoms. The number of nitrogens with two attached hydrogens (primary N) is 1. The Balaban J connectivity index is 1.60. The van der Waals surface area contributed by atoms with Gasteiger partial charge in [-0.15, -0.1) is 5.10 Å². The van der Waals surface area contributed by atoms with E-state index in [1.54, 1.807) is 24.3 Å². The molecule has 0 saturated heterocycles. The molecule has 3 aromatic rings. The van der Waals surface area contributed by atoms with Gasteiger partial charge in [0, 0.05) is 17.3 Å². The first-order chi connectivity index (χ1) is 13.5. The number of ether oxygens (including phenoxy) is 2. The van der Waals surface area contributed by atoms with Gasteiger partial charge < -0.3 is 20.5 Å². The highest BCUT2D eigenvalue weighted by Crippen LogP contribution is 2.33. The topological polar surface area (TPSA) is 104 Å². The number of aromatic nitrogens is 3. The second kappa shape index (κ2) is 7.22. The molecule has 0 spiro atoms. The van der Waals surface area contributed by atoms with Crippen LogP contribution in [0.3, 0.4) is 0 Å². The average molecular weight is 379 g/mol. The Labute approximate surface area is 162 Å². The zero-order chi connectivity index (χ0) is 19.7. The zero-order valence-corrected chi connectivity index (χ0v) is 15.7. The maximum absolute atomic E-state index is 12.9. The van der Waals surface area contributed by atoms with Crippen molar-refractivity contribution >= 4 is 23.5 Å². The summed E-state index contributed by atoms with van der Waals surface area (Å²) in [5, 5.41) is 7.12. The van der Waals surface area contributed by atoms with Gasteiger partial charge >= 0.3 is 0 Å². The van der Waals surface area contributed by atoms with Gasteiger partial charge in [-0.05, 0) is 35.7 Å². The fourth-order valence-corrected chi connectivity index (χ4v) is 2.93. The fraction of sp³-hybridized carbons (Fsp3) is 0.250. The average Bonchev–Trinajstić information content (AvgIpc) is 3.07. The van der Waals surface area contributed by atoms with Crippen molar-refractivity contribution in [1.29, 1.82) is 0 Å². The van der Waals surface area contributed by atoms with E-state index in [1.807, 2.05) is 18.2 Å². The maximum Gasteiger partial charge on any atom is 0.281 e. The minimum atomic E-state index is -0.320. The molecule has 2 heterocycles. The van der Waals surface area contributed by atoms with Gasteiger partial charge in [0.1, 0.15) is 13.2 Å². The van der Waals surface area contributed by atoms with Crippen LogP contribution in [-0.2, 0) is 0 Å². The molecule has 8 heteroatoms. The van der Waals surface area contributed by atoms with E-state index >= 15 is 0 Å². The van der Waals surface area contributed by atoms with Crippen LogP contribution in [0.4, 0.5) is 17.6 Å². The number of carbonyl (C=O) groups is 1. The van der Waals surface area contributed by atoms with E-state index in [2.05, 4.69) is 29.2 Å². The molecule has 1 aliphatic rings. The van der Waals surface area contributed by atoms with E-state index in [0.717, 1.165) is 10.2 Å². The summed E-state index contributed by atoms with van der Waals surface area (Å²) >= 11 is 0. The van der Waals surface area contributed by atoms with Crippen molar-refractivity contribution in [1.82, 2.24) is 14.8 Å². The zero-order valence-electron chi connectivity index (χ0n) is 15.7. The van der Waals surface area contributed by atoms with Crippen molar-refractivity contribution in [2.75, 3.05) is 24.3 Å². The molecular formula is C20H21N5O3. The molecule has 0 amide bonds. The largest absolute Gasteiger partial charge is 0.486 e. The third-order valence-corrected chi connectivity index (χ3v) is 4.44. The monoisotopic (exact) mass is 379 g/mol. The summed E-state index contributed by atoms with van der Waals surface area (Å²) in [4.78, 5) is 17.0. The molecule has 8 nitrogen and oxygen atoms in total. The molecular weight excluding hydrogens is 358 g/mol. The smallest absolute Gasteiger partial charge is 0.281 e. The third-order valence-electron chi connectivity index (χ3n) is 4.44. The lowest BCUT2D eigenvalue weighted by Gasteiger charge is -2.19. The third kappa shape index (κ3) is 3.48. The SMILES string of the molecule is CC(C)c1ccc(C(=O)n2nc(N)nc2Nc2ccc3c(c2)OCCO3)cc1. The van der Waals surface area contributed by atoms with Crippen LogP contribution in [0.15, 0.2) is 42.5 Å². The number of nitrogens with zero attached hydrogens (tertiary/aromatic N) is 3. The molecule has 0 saturated carbocycles. The van der Waals surface area contributed by atoms with Crippen molar-refractivity contribution in [3.05, 3.63) is 53.6 Å². The van der Waals surface area contributed by atoms with E-state index in [0.29, 0.717) is 41.9 Å². The molecule has 0 fully saturated rings. The summed E-state index contributed by atoms with van der Waals surface area (Å²) in [5.41, 5.74) is 8.08. The molecule has 0 radical (unpaired) electrons. The second-order valence-corrected chi connectivity index (χ2v) is 6.77. The van der Waals surface area contributed by atoms with E-state index < -0.39 is 0 Å². The molecule has 144 valence electrons. The van der Waals surface area contributed by atoms with Gasteiger partial charge in [0.05, 0.1) is 0 Å². The number of fused-ring (bicyclic) bond motifs is 1. The lowest BCUT2D eigenvalue weighted by Crippen LogP contribution is -2.17. The highest BCUT2D eigenvalue weighted by Gasteiger charge is 2.19. The highest BCUT2D eigenvalue weighted by molar-refractivity contribution is 5.97. The van der Waals surface area contributed by atoms with E-state index in [1.165, 1.54) is 0 Å². The molecule has 0 bridgehead atoms. The van der Waals surface area contributed by atoms with Crippen LogP contribution < -0.4 is 20.5 Å². The minimum absolute atomic E-state index is 0.00666. The first kappa shape index (κ1) is 17.8. The Morgan fingerprint density at radius 3 is 2.54 bits per heavy atom. The Bertz CT molecular complexity index is 1010. The second-order valence-electron chi connectivity index (χ2n) is 6.77. The summed E-state index contributed by atoms with van der Waals surface area (Å²) in [6, 6.07) is 12.8. The van der Waals surface area contributed by atoms with Gasteiger partial charge in [-0.3, -0.25) is 4.79 Å². The maximum atomic E-state index is 12.9. The van der Waals surface area contributed by atoms with Crippen LogP contribution in [0.1, 0.15) is 35.7 Å². The Morgan fingerprint density at radius 1 is 1.11 bits per heavy atom. The van der Waals surface area contributed by atoms with Gasteiger partial charge in [0.2, 0.25) is 11.9 Å². The van der Waals surface area contributed by atoms with Crippen molar-refractivity contribution in [3.63, 3.8) is 0 Å². The van der Waals surface area contributed by atoms with Crippen molar-refractivity contribution in [2.45, 2.75) is 19.8 Å². The lowest BCUT2D eigenvalue weighted by molar-refractivity contribution is 0.0948. The number of carbonyl (C=O) groups excluding carboxylic acids is 1. The predicted octanol–water partition coefficient (Wildman–Crippen LogP) is 3.19. The minimum Gasteiger partial charge on any atom is -0.486 e. The van der Waals surface area contributed by atoms with Gasteiger partial charge in [-0.1, -0.05) is 26.0 Å². The van der Waals surface area contributed by atoms with Crippen LogP contribution in [0.25, 0.3) is 0 Å². The van der Waals surface area contributed by atoms with Gasteiger partial charge in [0.15, 0.2) is 11.5 Å². The van der Waals surface area contributed by atoms with Gasteiger partial charge in [-0.2, -0.15) is 9.67 Å². The summed E-state index contributed by atoms with van der Waals surface area (Å²) in [6.45, 7) is 5.22. The molecule has 0 atom stereocenters. The van der Waals surface area contributed by atoms with Crippen LogP contribution >= 0.6 is 0 Å². The first-order valence-electron chi connectivity index (χ1n) is 9.05. The van der Waals surface area contributed by atoms with E-state index in [9.17, 15) is 4.79 Å². The summed E-state index contributed by atoms with van der Waals surface area (Å²) in [7, 11) is 0. The predicted molar refractivity (Wildman–Crippen MR) is 105 cm³/mol. The molecule has 3 N–H and O–H groups in total. The normalized spacial score (nSPS) is 12.8. The Kier molecular flexibility index (Phi) is 4.60. The molecule has 0 aliphatic carbocycles. The first-order valence-corrected chi connectivity index (χ1v) is 9.05. The fourth-order valence-electron chi connectivity index (χ4n) is 2.93. The number of anilines is 3. The Morgan fingerprint density at radius 2 is 1.82 bits per heavy atom. The number of benzene rings is 2. The Hall–Kier alpha value is -3.55. The van der Waals surface area contributed by atoms with Crippen LogP contribution in [-0.4, -0.2) is 33.9 Å². The van der Waals surface area contributed by atoms with Crippen molar-refractivity contribution in [2.24, 2.45) is 0 Å². The molecule has 1 aromatic heterocycles. The highest BCUT2D eigenvalue weighted by atomic mass is 16.6. The molecule has 1 aliphatic heterocycles. The van der Waals surface area contributed by atoms with Crippen LogP contribution in [0.2, 0.25) is 0 Å². The van der Waals surface area contributed by atoms with Gasteiger partial charge in [0.25, 0.3) is 5.91 Å². The standard InChI is InChI=1S/C20H21N5O3/c1-12(2)13-3-5-14(6-4-13)18(26)25-20(23-19(21)24-25)22-15-7-8-16-17(11-15)28-10-9-27-16/h3-8,11-12H,9-10H2,1-2H3,(H3,21,22,23,24). The lowest BCUT2D eigenvalue weighted by atomic mass is 10.0. The number of hydrogen-bond donors (Lipinski definition) is 2. The number of nitrogens with one attached hydrogen (secondary N) is 1. The van der Waals surface area contributed by atoms with Gasteiger partial charge in [-0.25, -0.2) is 0 Å². The number of hydrogen-bond acceptors (Lipinski definition) is 7. The summed E-state index contributed by atoms with van der Waals surface area (Å²) < 4.78 is 12.3. The van der Waals surface area contributed by atoms with E-state index in [-0.39, 0.29) is 17.8 Å². The van der Waals surface area contributed by atoms with Crippen LogP contribution in [0, 0.1) is 0 Å². The molecule has 4 rings (SSSR count). The quantitative estimate of drug-likeness (QED) is 0.717. The van der Waals surface area contributed by atoms with Crippen molar-refractivity contribution < 1.29 is 14.3 Å². The van der Waals surface area contributed by atoms with Crippen LogP contribution in [0.5, 0.6) is 11.5 Å².